The topological polar surface area (TPSA) is 88.9 Å². The summed E-state index contributed by atoms with van der Waals surface area (Å²) in [4.78, 5) is 55.7. The van der Waals surface area contributed by atoms with E-state index in [-0.39, 0.29) is 18.8 Å². The second-order valence-corrected chi connectivity index (χ2v) is 11.6. The highest BCUT2D eigenvalue weighted by Crippen LogP contribution is 2.54. The van der Waals surface area contributed by atoms with Crippen LogP contribution in [0.15, 0.2) is 58.4 Å². The Balaban J connectivity index is 1.63. The van der Waals surface area contributed by atoms with E-state index in [0.29, 0.717) is 15.5 Å². The number of hydrogen-bond donors (Lipinski definition) is 0. The zero-order chi connectivity index (χ0) is 28.9. The Morgan fingerprint density at radius 3 is 2.38 bits per heavy atom. The van der Waals surface area contributed by atoms with Crippen LogP contribution in [-0.4, -0.2) is 48.3 Å². The molecule has 2 aliphatic heterocycles. The number of benzene rings is 2. The first-order valence-corrected chi connectivity index (χ1v) is 14.0. The van der Waals surface area contributed by atoms with Crippen LogP contribution in [0.5, 0.6) is 0 Å². The fourth-order valence-electron chi connectivity index (χ4n) is 5.01. The summed E-state index contributed by atoms with van der Waals surface area (Å²) in [6.07, 6.45) is -4.66. The van der Waals surface area contributed by atoms with Gasteiger partial charge in [-0.1, -0.05) is 41.3 Å². The summed E-state index contributed by atoms with van der Waals surface area (Å²) in [6.45, 7) is 1.40. The van der Waals surface area contributed by atoms with Crippen LogP contribution in [-0.2, 0) is 31.8 Å². The van der Waals surface area contributed by atoms with Crippen LogP contribution in [0.2, 0.25) is 0 Å². The molecule has 0 radical (unpaired) electrons. The van der Waals surface area contributed by atoms with E-state index in [1.165, 1.54) is 10.6 Å². The Morgan fingerprint density at radius 1 is 1.05 bits per heavy atom. The first kappa shape index (κ1) is 28.0. The fourth-order valence-corrected chi connectivity index (χ4v) is 7.78. The van der Waals surface area contributed by atoms with Gasteiger partial charge in [0.1, 0.15) is 11.8 Å². The first-order valence-electron chi connectivity index (χ1n) is 12.3. The lowest BCUT2D eigenvalue weighted by Crippen LogP contribution is -2.32. The van der Waals surface area contributed by atoms with Crippen LogP contribution in [0.4, 0.5) is 24.5 Å². The second-order valence-electron chi connectivity index (χ2n) is 9.52. The number of carbonyl (C=O) groups is 3. The second kappa shape index (κ2) is 10.4. The van der Waals surface area contributed by atoms with Crippen LogP contribution in [0, 0.1) is 5.92 Å². The van der Waals surface area contributed by atoms with Crippen molar-refractivity contribution < 1.29 is 32.3 Å². The number of thiazole rings is 1. The van der Waals surface area contributed by atoms with E-state index < -0.39 is 51.5 Å². The summed E-state index contributed by atoms with van der Waals surface area (Å²) in [5.74, 6) is -3.66. The summed E-state index contributed by atoms with van der Waals surface area (Å²) in [7, 11) is 3.74. The van der Waals surface area contributed by atoms with Gasteiger partial charge in [-0.3, -0.25) is 23.7 Å². The smallest absolute Gasteiger partial charge is 0.416 e. The summed E-state index contributed by atoms with van der Waals surface area (Å²) in [5, 5.41) is -0.645. The van der Waals surface area contributed by atoms with Gasteiger partial charge in [-0.25, -0.2) is 4.90 Å². The highest BCUT2D eigenvalue weighted by atomic mass is 32.2. The molecule has 8 nitrogen and oxygen atoms in total. The van der Waals surface area contributed by atoms with E-state index in [2.05, 4.69) is 0 Å². The third-order valence-corrected chi connectivity index (χ3v) is 9.45. The van der Waals surface area contributed by atoms with Gasteiger partial charge >= 0.3 is 17.0 Å². The summed E-state index contributed by atoms with van der Waals surface area (Å²) in [5.41, 5.74) is 0.400. The molecule has 1 saturated heterocycles. The average molecular weight is 592 g/mol. The quantitative estimate of drug-likeness (QED) is 0.311. The highest BCUT2D eigenvalue weighted by Gasteiger charge is 2.57. The number of imide groups is 1. The molecule has 0 saturated carbocycles. The molecular formula is C27H24F3N3O5S2. The molecule has 40 heavy (non-hydrogen) atoms. The molecule has 3 unspecified atom stereocenters. The lowest BCUT2D eigenvalue weighted by molar-refractivity contribution is -0.144. The normalized spacial score (nSPS) is 20.4. The number of aromatic nitrogens is 1. The Labute approximate surface area is 235 Å². The number of nitrogens with zero attached hydrogens (tertiary/aromatic N) is 3. The van der Waals surface area contributed by atoms with Crippen molar-refractivity contribution in [2.75, 3.05) is 30.5 Å². The molecule has 3 heterocycles. The summed E-state index contributed by atoms with van der Waals surface area (Å²) in [6, 6.07) is 11.4. The van der Waals surface area contributed by atoms with Crippen LogP contribution in [0.1, 0.15) is 28.8 Å². The Hall–Kier alpha value is -3.58. The summed E-state index contributed by atoms with van der Waals surface area (Å²) < 4.78 is 46.6. The average Bonchev–Trinajstić information content (AvgIpc) is 3.34. The molecule has 5 rings (SSSR count). The number of halogens is 3. The molecular weight excluding hydrogens is 567 g/mol. The number of esters is 1. The molecule has 210 valence electrons. The maximum atomic E-state index is 13.9. The van der Waals surface area contributed by atoms with Gasteiger partial charge in [0.2, 0.25) is 11.8 Å². The molecule has 3 aromatic rings. The van der Waals surface area contributed by atoms with Crippen molar-refractivity contribution in [2.45, 2.75) is 35.8 Å². The van der Waals surface area contributed by atoms with Crippen LogP contribution >= 0.6 is 23.1 Å². The maximum absolute atomic E-state index is 13.9. The molecule has 3 atom stereocenters. The standard InChI is InChI=1S/C27H24F3N3O5S2/c1-4-38-18(34)13-32-25-22(40-26(32)37)19(14-8-10-16(11-9-14)31(2)3)20-21(39-25)24(36)33(23(20)35)17-7-5-6-15(12-17)27(28,29)30/h5-12,19-21H,4,13H2,1-3H3. The third-order valence-electron chi connectivity index (χ3n) is 6.84. The Morgan fingerprint density at radius 2 is 1.75 bits per heavy atom. The number of hydrogen-bond acceptors (Lipinski definition) is 8. The predicted molar refractivity (Wildman–Crippen MR) is 145 cm³/mol. The van der Waals surface area contributed by atoms with Gasteiger partial charge in [0.25, 0.3) is 0 Å². The predicted octanol–water partition coefficient (Wildman–Crippen LogP) is 4.35. The van der Waals surface area contributed by atoms with Crippen molar-refractivity contribution in [1.82, 2.24) is 4.57 Å². The zero-order valence-corrected chi connectivity index (χ0v) is 23.2. The molecule has 2 amide bonds. The van der Waals surface area contributed by atoms with Crippen molar-refractivity contribution in [3.05, 3.63) is 74.2 Å². The Kier molecular flexibility index (Phi) is 7.29. The number of thioether (sulfide) groups is 1. The number of carbonyl (C=O) groups excluding carboxylic acids is 3. The van der Waals surface area contributed by atoms with Gasteiger partial charge in [0.15, 0.2) is 0 Å². The van der Waals surface area contributed by atoms with Crippen LogP contribution in [0.25, 0.3) is 0 Å². The van der Waals surface area contributed by atoms with Crippen molar-refractivity contribution in [3.63, 3.8) is 0 Å². The van der Waals surface area contributed by atoms with E-state index in [1.807, 2.05) is 31.1 Å². The molecule has 0 spiro atoms. The monoisotopic (exact) mass is 591 g/mol. The number of alkyl halides is 3. The minimum absolute atomic E-state index is 0.123. The zero-order valence-electron chi connectivity index (χ0n) is 21.6. The SMILES string of the molecule is CCOC(=O)Cn1c2c(sc1=O)C(c1ccc(N(C)C)cc1)C1C(=O)N(c3cccc(C(F)(F)F)c3)C(=O)C1S2. The van der Waals surface area contributed by atoms with E-state index in [1.54, 1.807) is 19.1 Å². The maximum Gasteiger partial charge on any atom is 0.416 e. The number of amides is 2. The molecule has 2 aliphatic rings. The molecule has 0 aliphatic carbocycles. The van der Waals surface area contributed by atoms with Gasteiger partial charge in [-0.2, -0.15) is 13.2 Å². The largest absolute Gasteiger partial charge is 0.465 e. The van der Waals surface area contributed by atoms with Gasteiger partial charge in [0, 0.05) is 30.6 Å². The van der Waals surface area contributed by atoms with Crippen molar-refractivity contribution >= 4 is 52.3 Å². The number of anilines is 2. The third kappa shape index (κ3) is 4.81. The van der Waals surface area contributed by atoms with Crippen molar-refractivity contribution in [3.8, 4) is 0 Å². The molecule has 1 aromatic heterocycles. The number of fused-ring (bicyclic) bond motifs is 2. The molecule has 0 bridgehead atoms. The first-order chi connectivity index (χ1) is 18.9. The lowest BCUT2D eigenvalue weighted by atomic mass is 9.83. The van der Waals surface area contributed by atoms with Gasteiger partial charge in [-0.05, 0) is 42.8 Å². The summed E-state index contributed by atoms with van der Waals surface area (Å²) >= 11 is 1.87. The van der Waals surface area contributed by atoms with Gasteiger partial charge in [-0.15, -0.1) is 0 Å². The van der Waals surface area contributed by atoms with E-state index in [4.69, 9.17) is 4.74 Å². The highest BCUT2D eigenvalue weighted by molar-refractivity contribution is 8.00. The van der Waals surface area contributed by atoms with Gasteiger partial charge in [0.05, 0.1) is 28.8 Å². The lowest BCUT2D eigenvalue weighted by Gasteiger charge is -2.31. The Bertz CT molecular complexity index is 1550. The van der Waals surface area contributed by atoms with E-state index >= 15 is 0 Å². The minimum Gasteiger partial charge on any atom is -0.465 e. The molecule has 1 fully saturated rings. The fraction of sp³-hybridized carbons (Fsp3) is 0.333. The number of ether oxygens (including phenoxy) is 1. The van der Waals surface area contributed by atoms with Crippen LogP contribution in [0.3, 0.4) is 0 Å². The van der Waals surface area contributed by atoms with E-state index in [0.717, 1.165) is 51.9 Å². The molecule has 2 aromatic carbocycles. The van der Waals surface area contributed by atoms with E-state index in [9.17, 15) is 32.3 Å². The van der Waals surface area contributed by atoms with Crippen molar-refractivity contribution in [1.29, 1.82) is 0 Å². The van der Waals surface area contributed by atoms with Gasteiger partial charge < -0.3 is 9.64 Å². The van der Waals surface area contributed by atoms with Crippen LogP contribution < -0.4 is 14.7 Å². The minimum atomic E-state index is -4.66. The molecule has 13 heteroatoms. The molecule has 0 N–H and O–H groups in total. The van der Waals surface area contributed by atoms with Crippen molar-refractivity contribution in [2.24, 2.45) is 5.92 Å². The number of rotatable bonds is 6.